The van der Waals surface area contributed by atoms with Gasteiger partial charge in [-0.25, -0.2) is 0 Å². The van der Waals surface area contributed by atoms with Gasteiger partial charge in [-0.2, -0.15) is 0 Å². The lowest BCUT2D eigenvalue weighted by Crippen LogP contribution is -2.30. The second-order valence-corrected chi connectivity index (χ2v) is 15.7. The van der Waals surface area contributed by atoms with E-state index in [1.807, 2.05) is 0 Å². The number of hydrogen-bond donors (Lipinski definition) is 0. The third kappa shape index (κ3) is 45.5. The molecule has 1 unspecified atom stereocenters. The van der Waals surface area contributed by atoms with E-state index in [2.05, 4.69) is 106 Å². The van der Waals surface area contributed by atoms with E-state index in [0.29, 0.717) is 19.3 Å². The van der Waals surface area contributed by atoms with Crippen LogP contribution in [-0.4, -0.2) is 37.2 Å². The molecule has 59 heavy (non-hydrogen) atoms. The van der Waals surface area contributed by atoms with Gasteiger partial charge in [0.05, 0.1) is 0 Å². The fourth-order valence-corrected chi connectivity index (χ4v) is 6.25. The molecule has 0 saturated carbocycles. The Morgan fingerprint density at radius 3 is 1.24 bits per heavy atom. The summed E-state index contributed by atoms with van der Waals surface area (Å²) in [6, 6.07) is 0. The molecule has 0 fully saturated rings. The number of rotatable bonds is 42. The Balaban J connectivity index is 4.45. The van der Waals surface area contributed by atoms with Crippen LogP contribution in [0.4, 0.5) is 0 Å². The summed E-state index contributed by atoms with van der Waals surface area (Å²) < 4.78 is 16.7. The van der Waals surface area contributed by atoms with Crippen LogP contribution in [0.2, 0.25) is 0 Å². The van der Waals surface area contributed by atoms with Gasteiger partial charge >= 0.3 is 17.9 Å². The topological polar surface area (TPSA) is 78.9 Å². The van der Waals surface area contributed by atoms with Gasteiger partial charge in [-0.3, -0.25) is 14.4 Å². The van der Waals surface area contributed by atoms with Gasteiger partial charge in [0.25, 0.3) is 0 Å². The van der Waals surface area contributed by atoms with Crippen LogP contribution in [-0.2, 0) is 28.6 Å². The van der Waals surface area contributed by atoms with Gasteiger partial charge in [-0.15, -0.1) is 0 Å². The van der Waals surface area contributed by atoms with Gasteiger partial charge in [-0.1, -0.05) is 183 Å². The zero-order valence-corrected chi connectivity index (χ0v) is 38.2. The fourth-order valence-electron chi connectivity index (χ4n) is 6.25. The molecule has 1 atom stereocenters. The molecule has 0 aromatic heterocycles. The van der Waals surface area contributed by atoms with E-state index in [0.717, 1.165) is 103 Å². The number of ether oxygens (including phenoxy) is 3. The molecule has 0 spiro atoms. The second kappa shape index (κ2) is 47.3. The van der Waals surface area contributed by atoms with Crippen LogP contribution in [0.5, 0.6) is 0 Å². The molecule has 0 bridgehead atoms. The molecular formula is C53H88O6. The molecule has 0 aliphatic heterocycles. The van der Waals surface area contributed by atoms with E-state index in [1.165, 1.54) is 64.2 Å². The zero-order chi connectivity index (χ0) is 43.0. The monoisotopic (exact) mass is 821 g/mol. The Bertz CT molecular complexity index is 1170. The molecule has 6 heteroatoms. The van der Waals surface area contributed by atoms with Crippen LogP contribution in [0, 0.1) is 0 Å². The van der Waals surface area contributed by atoms with Crippen LogP contribution in [0.3, 0.4) is 0 Å². The summed E-state index contributed by atoms with van der Waals surface area (Å²) in [4.78, 5) is 37.8. The molecule has 0 amide bonds. The maximum absolute atomic E-state index is 12.7. The average Bonchev–Trinajstić information content (AvgIpc) is 3.23. The zero-order valence-electron chi connectivity index (χ0n) is 38.2. The van der Waals surface area contributed by atoms with Crippen molar-refractivity contribution in [3.8, 4) is 0 Å². The van der Waals surface area contributed by atoms with Gasteiger partial charge in [0.2, 0.25) is 0 Å². The first-order valence-electron chi connectivity index (χ1n) is 24.1. The second-order valence-electron chi connectivity index (χ2n) is 15.7. The minimum absolute atomic E-state index is 0.110. The molecule has 0 N–H and O–H groups in total. The third-order valence-corrected chi connectivity index (χ3v) is 9.91. The lowest BCUT2D eigenvalue weighted by atomic mass is 10.1. The van der Waals surface area contributed by atoms with Crippen molar-refractivity contribution in [2.45, 2.75) is 219 Å². The van der Waals surface area contributed by atoms with Crippen molar-refractivity contribution in [2.24, 2.45) is 0 Å². The Labute approximate surface area is 363 Å². The van der Waals surface area contributed by atoms with Crippen molar-refractivity contribution < 1.29 is 28.6 Å². The Morgan fingerprint density at radius 1 is 0.373 bits per heavy atom. The van der Waals surface area contributed by atoms with Gasteiger partial charge in [0.1, 0.15) is 13.2 Å². The smallest absolute Gasteiger partial charge is 0.306 e. The van der Waals surface area contributed by atoms with Crippen molar-refractivity contribution in [2.75, 3.05) is 13.2 Å². The van der Waals surface area contributed by atoms with Crippen LogP contribution in [0.1, 0.15) is 213 Å². The van der Waals surface area contributed by atoms with E-state index in [4.69, 9.17) is 14.2 Å². The SMILES string of the molecule is CC/C=C\C/C=C\C/C=C\CCCCC(=O)OC(COC(=O)CCCCC/C=C\C=C/CCCC)COC(=O)CCCCCCC/C=C\C=C/CCCCCCCCC. The standard InChI is InChI=1S/C53H88O6/c1-4-7-10-13-16-19-22-24-25-26-27-28-29-32-34-37-40-43-46-52(55)58-49-50(48-57-51(54)45-42-39-36-33-30-21-18-15-12-9-6-3)59-53(56)47-44-41-38-35-31-23-20-17-14-11-8-5-2/h8,11,15,17-18,20-21,25-28,30-31,35,50H,4-7,9-10,12-14,16,19,22-24,29,32-34,36-49H2,1-3H3/b11-8-,18-15-,20-17-,26-25-,28-27-,30-21-,35-31-. The summed E-state index contributed by atoms with van der Waals surface area (Å²) in [6.45, 7) is 6.37. The van der Waals surface area contributed by atoms with Crippen LogP contribution >= 0.6 is 0 Å². The minimum atomic E-state index is -0.812. The molecule has 6 nitrogen and oxygen atoms in total. The normalized spacial score (nSPS) is 12.8. The Hall–Kier alpha value is -3.41. The number of esters is 3. The van der Waals surface area contributed by atoms with Crippen molar-refractivity contribution >= 4 is 17.9 Å². The summed E-state index contributed by atoms with van der Waals surface area (Å²) in [5.41, 5.74) is 0. The summed E-state index contributed by atoms with van der Waals surface area (Å²) in [6.07, 6.45) is 60.0. The van der Waals surface area contributed by atoms with E-state index in [1.54, 1.807) is 0 Å². The Kier molecular flexibility index (Phi) is 44.5. The molecule has 0 radical (unpaired) electrons. The highest BCUT2D eigenvalue weighted by Gasteiger charge is 2.19. The first-order chi connectivity index (χ1) is 29.0. The summed E-state index contributed by atoms with van der Waals surface area (Å²) in [5.74, 6) is -0.999. The molecule has 0 aliphatic rings. The van der Waals surface area contributed by atoms with Gasteiger partial charge in [0.15, 0.2) is 6.10 Å². The lowest BCUT2D eigenvalue weighted by Gasteiger charge is -2.18. The molecule has 0 rings (SSSR count). The first kappa shape index (κ1) is 55.6. The number of carbonyl (C=O) groups is 3. The van der Waals surface area contributed by atoms with E-state index in [-0.39, 0.29) is 37.5 Å². The number of allylic oxidation sites excluding steroid dienone is 14. The summed E-state index contributed by atoms with van der Waals surface area (Å²) in [7, 11) is 0. The van der Waals surface area contributed by atoms with Crippen molar-refractivity contribution in [1.82, 2.24) is 0 Å². The number of unbranched alkanes of at least 4 members (excludes halogenated alkanes) is 19. The van der Waals surface area contributed by atoms with Crippen LogP contribution in [0.25, 0.3) is 0 Å². The van der Waals surface area contributed by atoms with Gasteiger partial charge < -0.3 is 14.2 Å². The molecule has 336 valence electrons. The van der Waals surface area contributed by atoms with E-state index < -0.39 is 6.10 Å². The summed E-state index contributed by atoms with van der Waals surface area (Å²) in [5, 5.41) is 0. The van der Waals surface area contributed by atoms with E-state index >= 15 is 0 Å². The quantitative estimate of drug-likeness (QED) is 0.0201. The maximum Gasteiger partial charge on any atom is 0.306 e. The van der Waals surface area contributed by atoms with Crippen LogP contribution < -0.4 is 0 Å². The largest absolute Gasteiger partial charge is 0.462 e. The molecule has 0 heterocycles. The molecule has 0 saturated heterocycles. The molecule has 0 aromatic carbocycles. The number of carbonyl (C=O) groups excluding carboxylic acids is 3. The maximum atomic E-state index is 12.7. The summed E-state index contributed by atoms with van der Waals surface area (Å²) >= 11 is 0. The first-order valence-corrected chi connectivity index (χ1v) is 24.1. The van der Waals surface area contributed by atoms with Crippen molar-refractivity contribution in [3.05, 3.63) is 85.1 Å². The highest BCUT2D eigenvalue weighted by molar-refractivity contribution is 5.71. The van der Waals surface area contributed by atoms with E-state index in [9.17, 15) is 14.4 Å². The average molecular weight is 821 g/mol. The predicted molar refractivity (Wildman–Crippen MR) is 251 cm³/mol. The highest BCUT2D eigenvalue weighted by atomic mass is 16.6. The predicted octanol–water partition coefficient (Wildman–Crippen LogP) is 15.6. The van der Waals surface area contributed by atoms with Gasteiger partial charge in [0, 0.05) is 19.3 Å². The third-order valence-electron chi connectivity index (χ3n) is 9.91. The minimum Gasteiger partial charge on any atom is -0.462 e. The molecule has 0 aliphatic carbocycles. The Morgan fingerprint density at radius 2 is 0.729 bits per heavy atom. The van der Waals surface area contributed by atoms with Crippen LogP contribution in [0.15, 0.2) is 85.1 Å². The lowest BCUT2D eigenvalue weighted by molar-refractivity contribution is -0.167. The van der Waals surface area contributed by atoms with Crippen molar-refractivity contribution in [1.29, 1.82) is 0 Å². The van der Waals surface area contributed by atoms with Crippen molar-refractivity contribution in [3.63, 3.8) is 0 Å². The molecular weight excluding hydrogens is 733 g/mol. The fraction of sp³-hybridized carbons (Fsp3) is 0.679. The molecule has 0 aromatic rings. The highest BCUT2D eigenvalue weighted by Crippen LogP contribution is 2.12. The van der Waals surface area contributed by atoms with Gasteiger partial charge in [-0.05, 0) is 96.3 Å². The number of hydrogen-bond acceptors (Lipinski definition) is 6.